The molecule has 4 heterocycles. The van der Waals surface area contributed by atoms with E-state index in [1.54, 1.807) is 23.1 Å². The number of aromatic nitrogens is 5. The van der Waals surface area contributed by atoms with Gasteiger partial charge >= 0.3 is 0 Å². The maximum Gasteiger partial charge on any atom is 0.255 e. The first-order valence-corrected chi connectivity index (χ1v) is 9.83. The fraction of sp³-hybridized carbons (Fsp3) is 0.316. The van der Waals surface area contributed by atoms with Gasteiger partial charge in [-0.15, -0.1) is 10.2 Å². The Morgan fingerprint density at radius 3 is 2.32 bits per heavy atom. The molecule has 0 spiro atoms. The van der Waals surface area contributed by atoms with Gasteiger partial charge in [-0.2, -0.15) is 5.10 Å². The number of pyridine rings is 1. The first kappa shape index (κ1) is 18.5. The molecular weight excluding hydrogens is 422 g/mol. The summed E-state index contributed by atoms with van der Waals surface area (Å²) in [4.78, 5) is 20.7. The highest BCUT2D eigenvalue weighted by atomic mass is 79.9. The fourth-order valence-corrected chi connectivity index (χ4v) is 3.68. The predicted octanol–water partition coefficient (Wildman–Crippen LogP) is 2.40. The number of carbonyl (C=O) groups excluding carboxylic acids is 1. The number of aryl methyl sites for hydroxylation is 2. The van der Waals surface area contributed by atoms with Gasteiger partial charge in [0.25, 0.3) is 5.91 Å². The van der Waals surface area contributed by atoms with E-state index in [-0.39, 0.29) is 5.91 Å². The lowest BCUT2D eigenvalue weighted by Gasteiger charge is -2.35. The maximum absolute atomic E-state index is 12.6. The molecule has 9 heteroatoms. The smallest absolute Gasteiger partial charge is 0.255 e. The van der Waals surface area contributed by atoms with Gasteiger partial charge in [-0.3, -0.25) is 9.78 Å². The van der Waals surface area contributed by atoms with Crippen LogP contribution in [0.2, 0.25) is 0 Å². The van der Waals surface area contributed by atoms with Crippen molar-refractivity contribution in [1.82, 2.24) is 29.9 Å². The number of amides is 1. The molecule has 1 aliphatic rings. The lowest BCUT2D eigenvalue weighted by atomic mass is 10.2. The first-order chi connectivity index (χ1) is 13.5. The number of piperazine rings is 1. The summed E-state index contributed by atoms with van der Waals surface area (Å²) in [6.45, 7) is 6.63. The van der Waals surface area contributed by atoms with E-state index in [0.717, 1.165) is 21.7 Å². The zero-order valence-corrected chi connectivity index (χ0v) is 17.3. The second-order valence-electron chi connectivity index (χ2n) is 6.76. The van der Waals surface area contributed by atoms with Gasteiger partial charge in [-0.1, -0.05) is 0 Å². The molecule has 8 nitrogen and oxygen atoms in total. The third-order valence-electron chi connectivity index (χ3n) is 4.71. The maximum atomic E-state index is 12.6. The largest absolute Gasteiger partial charge is 0.352 e. The van der Waals surface area contributed by atoms with Crippen LogP contribution in [-0.4, -0.2) is 61.9 Å². The molecule has 0 aromatic carbocycles. The van der Waals surface area contributed by atoms with Gasteiger partial charge in [0.15, 0.2) is 11.6 Å². The summed E-state index contributed by atoms with van der Waals surface area (Å²) in [5.41, 5.74) is 2.57. The lowest BCUT2D eigenvalue weighted by Crippen LogP contribution is -2.49. The van der Waals surface area contributed by atoms with E-state index in [9.17, 15) is 4.79 Å². The molecule has 0 unspecified atom stereocenters. The van der Waals surface area contributed by atoms with Crippen molar-refractivity contribution in [2.24, 2.45) is 0 Å². The predicted molar refractivity (Wildman–Crippen MR) is 109 cm³/mol. The highest BCUT2D eigenvalue weighted by molar-refractivity contribution is 9.10. The highest BCUT2D eigenvalue weighted by Crippen LogP contribution is 2.17. The minimum Gasteiger partial charge on any atom is -0.352 e. The Bertz CT molecular complexity index is 994. The summed E-state index contributed by atoms with van der Waals surface area (Å²) < 4.78 is 2.59. The number of nitrogens with zero attached hydrogens (tertiary/aromatic N) is 7. The van der Waals surface area contributed by atoms with Crippen molar-refractivity contribution >= 4 is 27.7 Å². The number of halogens is 1. The molecule has 0 radical (unpaired) electrons. The van der Waals surface area contributed by atoms with Crippen LogP contribution in [0.4, 0.5) is 5.82 Å². The third-order valence-corrected chi connectivity index (χ3v) is 5.14. The Kier molecular flexibility index (Phi) is 5.08. The normalized spacial score (nSPS) is 14.4. The monoisotopic (exact) mass is 441 g/mol. The summed E-state index contributed by atoms with van der Waals surface area (Å²) in [7, 11) is 0. The van der Waals surface area contributed by atoms with Gasteiger partial charge in [0.1, 0.15) is 0 Å². The second-order valence-corrected chi connectivity index (χ2v) is 7.68. The molecule has 144 valence electrons. The number of hydrogen-bond acceptors (Lipinski definition) is 6. The lowest BCUT2D eigenvalue weighted by molar-refractivity contribution is 0.0746. The molecule has 0 saturated carbocycles. The van der Waals surface area contributed by atoms with Crippen LogP contribution in [0.1, 0.15) is 21.7 Å². The average Bonchev–Trinajstić information content (AvgIpc) is 3.06. The Morgan fingerprint density at radius 2 is 1.71 bits per heavy atom. The molecule has 1 amide bonds. The van der Waals surface area contributed by atoms with Crippen LogP contribution in [0.25, 0.3) is 5.82 Å². The van der Waals surface area contributed by atoms with Gasteiger partial charge in [0.2, 0.25) is 0 Å². The van der Waals surface area contributed by atoms with Gasteiger partial charge in [0.05, 0.1) is 11.3 Å². The van der Waals surface area contributed by atoms with Gasteiger partial charge < -0.3 is 9.80 Å². The number of carbonyl (C=O) groups is 1. The standard InChI is InChI=1S/C19H20BrN7O/c1-13-9-14(2)27(24-13)18-4-3-17(22-23-18)25-5-7-26(8-6-25)19(28)15-10-16(20)12-21-11-15/h3-4,9-12H,5-8H2,1-2H3. The number of rotatable bonds is 3. The highest BCUT2D eigenvalue weighted by Gasteiger charge is 2.23. The fourth-order valence-electron chi connectivity index (χ4n) is 3.31. The van der Waals surface area contributed by atoms with Crippen LogP contribution < -0.4 is 4.90 Å². The summed E-state index contributed by atoms with van der Waals surface area (Å²) >= 11 is 3.36. The average molecular weight is 442 g/mol. The molecule has 3 aromatic rings. The van der Waals surface area contributed by atoms with Crippen molar-refractivity contribution in [3.05, 3.63) is 58.1 Å². The van der Waals surface area contributed by atoms with E-state index >= 15 is 0 Å². The van der Waals surface area contributed by atoms with Crippen LogP contribution >= 0.6 is 15.9 Å². The third kappa shape index (κ3) is 3.75. The molecule has 0 atom stereocenters. The summed E-state index contributed by atoms with van der Waals surface area (Å²) in [5.74, 6) is 1.51. The van der Waals surface area contributed by atoms with Gasteiger partial charge in [-0.05, 0) is 54.0 Å². The molecule has 4 rings (SSSR count). The van der Waals surface area contributed by atoms with Crippen molar-refractivity contribution in [1.29, 1.82) is 0 Å². The van der Waals surface area contributed by atoms with Crippen LogP contribution in [0, 0.1) is 13.8 Å². The molecule has 0 N–H and O–H groups in total. The van der Waals surface area contributed by atoms with Crippen molar-refractivity contribution in [3.63, 3.8) is 0 Å². The zero-order valence-electron chi connectivity index (χ0n) is 15.7. The first-order valence-electron chi connectivity index (χ1n) is 9.03. The summed E-state index contributed by atoms with van der Waals surface area (Å²) in [5, 5.41) is 13.1. The summed E-state index contributed by atoms with van der Waals surface area (Å²) in [6, 6.07) is 7.68. The van der Waals surface area contributed by atoms with E-state index in [4.69, 9.17) is 0 Å². The van der Waals surface area contributed by atoms with E-state index in [1.165, 1.54) is 0 Å². The molecule has 28 heavy (non-hydrogen) atoms. The minimum absolute atomic E-state index is 0.000547. The molecule has 1 aliphatic heterocycles. The quantitative estimate of drug-likeness (QED) is 0.620. The van der Waals surface area contributed by atoms with Crippen molar-refractivity contribution < 1.29 is 4.79 Å². The van der Waals surface area contributed by atoms with Crippen LogP contribution in [-0.2, 0) is 0 Å². The Hall–Kier alpha value is -2.81. The van der Waals surface area contributed by atoms with E-state index in [1.807, 2.05) is 36.9 Å². The van der Waals surface area contributed by atoms with E-state index < -0.39 is 0 Å². The van der Waals surface area contributed by atoms with Crippen LogP contribution in [0.3, 0.4) is 0 Å². The topological polar surface area (TPSA) is 80.0 Å². The number of anilines is 1. The Morgan fingerprint density at radius 1 is 1.00 bits per heavy atom. The molecule has 0 bridgehead atoms. The van der Waals surface area contributed by atoms with Gasteiger partial charge in [0, 0.05) is 48.7 Å². The van der Waals surface area contributed by atoms with E-state index in [0.29, 0.717) is 37.6 Å². The molecule has 3 aromatic heterocycles. The SMILES string of the molecule is Cc1cc(C)n(-c2ccc(N3CCN(C(=O)c4cncc(Br)c4)CC3)nn2)n1. The summed E-state index contributed by atoms with van der Waals surface area (Å²) in [6.07, 6.45) is 3.27. The number of hydrogen-bond donors (Lipinski definition) is 0. The minimum atomic E-state index is -0.000547. The molecule has 1 fully saturated rings. The second kappa shape index (κ2) is 7.67. The molecule has 1 saturated heterocycles. The molecule has 0 aliphatic carbocycles. The Labute approximate surface area is 171 Å². The van der Waals surface area contributed by atoms with E-state index in [2.05, 4.69) is 41.1 Å². The Balaban J connectivity index is 1.41. The van der Waals surface area contributed by atoms with Crippen molar-refractivity contribution in [3.8, 4) is 5.82 Å². The molecular formula is C19H20BrN7O. The zero-order chi connectivity index (χ0) is 19.7. The van der Waals surface area contributed by atoms with Crippen molar-refractivity contribution in [2.45, 2.75) is 13.8 Å². The van der Waals surface area contributed by atoms with Crippen molar-refractivity contribution in [2.75, 3.05) is 31.1 Å². The van der Waals surface area contributed by atoms with Crippen LogP contribution in [0.5, 0.6) is 0 Å². The van der Waals surface area contributed by atoms with Gasteiger partial charge in [-0.25, -0.2) is 4.68 Å². The van der Waals surface area contributed by atoms with Crippen LogP contribution in [0.15, 0.2) is 41.1 Å².